The summed E-state index contributed by atoms with van der Waals surface area (Å²) in [4.78, 5) is 8.71. The molecule has 108 valence electrons. The molecule has 20 heavy (non-hydrogen) atoms. The highest BCUT2D eigenvalue weighted by atomic mass is 16.5. The number of nitrogens with one attached hydrogen (secondary N) is 1. The smallest absolute Gasteiger partial charge is 0.137 e. The first-order valence-electron chi connectivity index (χ1n) is 7.04. The fourth-order valence-corrected chi connectivity index (χ4v) is 2.11. The molecule has 0 aromatic carbocycles. The lowest BCUT2D eigenvalue weighted by Gasteiger charge is -2.18. The number of imidazole rings is 1. The second kappa shape index (κ2) is 7.05. The first kappa shape index (κ1) is 14.5. The van der Waals surface area contributed by atoms with E-state index < -0.39 is 0 Å². The van der Waals surface area contributed by atoms with Crippen LogP contribution in [0.2, 0.25) is 0 Å². The van der Waals surface area contributed by atoms with Crippen LogP contribution in [0.25, 0.3) is 0 Å². The van der Waals surface area contributed by atoms with E-state index in [-0.39, 0.29) is 6.04 Å². The molecule has 0 saturated heterocycles. The molecule has 5 heteroatoms. The SMILES string of the molecule is CCCOc1cncc(C(NCC)c2nccn2C)c1. The molecule has 0 amide bonds. The fourth-order valence-electron chi connectivity index (χ4n) is 2.11. The number of hydrogen-bond acceptors (Lipinski definition) is 4. The van der Waals surface area contributed by atoms with Gasteiger partial charge in [-0.25, -0.2) is 4.98 Å². The highest BCUT2D eigenvalue weighted by molar-refractivity contribution is 5.29. The van der Waals surface area contributed by atoms with Crippen molar-refractivity contribution in [2.24, 2.45) is 7.05 Å². The number of rotatable bonds is 7. The Labute approximate surface area is 120 Å². The summed E-state index contributed by atoms with van der Waals surface area (Å²) in [5.74, 6) is 1.78. The van der Waals surface area contributed by atoms with Crippen molar-refractivity contribution in [2.45, 2.75) is 26.3 Å². The van der Waals surface area contributed by atoms with Gasteiger partial charge in [-0.1, -0.05) is 13.8 Å². The van der Waals surface area contributed by atoms with Gasteiger partial charge in [0.05, 0.1) is 18.8 Å². The number of pyridine rings is 1. The Balaban J connectivity index is 2.27. The maximum atomic E-state index is 5.65. The Bertz CT molecular complexity index is 538. The molecule has 5 nitrogen and oxygen atoms in total. The first-order chi connectivity index (χ1) is 9.76. The maximum absolute atomic E-state index is 5.65. The van der Waals surface area contributed by atoms with Gasteiger partial charge in [0.25, 0.3) is 0 Å². The monoisotopic (exact) mass is 274 g/mol. The molecule has 2 aromatic heterocycles. The van der Waals surface area contributed by atoms with Crippen molar-refractivity contribution in [3.8, 4) is 5.75 Å². The summed E-state index contributed by atoms with van der Waals surface area (Å²) in [6.07, 6.45) is 8.36. The van der Waals surface area contributed by atoms with E-state index in [4.69, 9.17) is 4.74 Å². The van der Waals surface area contributed by atoms with Crippen molar-refractivity contribution in [3.05, 3.63) is 42.2 Å². The molecule has 1 unspecified atom stereocenters. The van der Waals surface area contributed by atoms with Gasteiger partial charge in [-0.05, 0) is 24.6 Å². The van der Waals surface area contributed by atoms with Gasteiger partial charge in [0.15, 0.2) is 0 Å². The lowest BCUT2D eigenvalue weighted by molar-refractivity contribution is 0.315. The first-order valence-corrected chi connectivity index (χ1v) is 7.04. The average molecular weight is 274 g/mol. The van der Waals surface area contributed by atoms with Crippen molar-refractivity contribution in [1.29, 1.82) is 0 Å². The van der Waals surface area contributed by atoms with Gasteiger partial charge in [0, 0.05) is 25.6 Å². The normalized spacial score (nSPS) is 12.3. The Morgan fingerprint density at radius 1 is 1.35 bits per heavy atom. The molecular weight excluding hydrogens is 252 g/mol. The lowest BCUT2D eigenvalue weighted by Crippen LogP contribution is -2.25. The van der Waals surface area contributed by atoms with Crippen LogP contribution in [0.1, 0.15) is 37.7 Å². The third-order valence-electron chi connectivity index (χ3n) is 3.07. The van der Waals surface area contributed by atoms with Gasteiger partial charge in [-0.2, -0.15) is 0 Å². The van der Waals surface area contributed by atoms with Crippen molar-refractivity contribution in [2.75, 3.05) is 13.2 Å². The van der Waals surface area contributed by atoms with Crippen LogP contribution in [-0.4, -0.2) is 27.7 Å². The Hall–Kier alpha value is -1.88. The van der Waals surface area contributed by atoms with E-state index in [1.54, 1.807) is 6.20 Å². The molecule has 0 spiro atoms. The van der Waals surface area contributed by atoms with E-state index in [1.165, 1.54) is 0 Å². The van der Waals surface area contributed by atoms with E-state index in [1.807, 2.05) is 36.3 Å². The minimum atomic E-state index is 0.0256. The van der Waals surface area contributed by atoms with Crippen LogP contribution >= 0.6 is 0 Å². The quantitative estimate of drug-likeness (QED) is 0.841. The van der Waals surface area contributed by atoms with Gasteiger partial charge in [-0.15, -0.1) is 0 Å². The Morgan fingerprint density at radius 3 is 2.85 bits per heavy atom. The van der Waals surface area contributed by atoms with Crippen molar-refractivity contribution in [3.63, 3.8) is 0 Å². The summed E-state index contributed by atoms with van der Waals surface area (Å²) in [6.45, 7) is 5.74. The molecule has 0 aliphatic rings. The summed E-state index contributed by atoms with van der Waals surface area (Å²) < 4.78 is 7.67. The molecule has 2 aromatic rings. The van der Waals surface area contributed by atoms with E-state index >= 15 is 0 Å². The van der Waals surface area contributed by atoms with E-state index in [0.29, 0.717) is 6.61 Å². The minimum Gasteiger partial charge on any atom is -0.492 e. The molecule has 2 heterocycles. The third kappa shape index (κ3) is 3.36. The van der Waals surface area contributed by atoms with E-state index in [0.717, 1.165) is 30.1 Å². The number of aromatic nitrogens is 3. The number of nitrogens with zero attached hydrogens (tertiary/aromatic N) is 3. The molecular formula is C15H22N4O. The standard InChI is InChI=1S/C15H22N4O/c1-4-8-20-13-9-12(10-16-11-13)14(17-5-2)15-18-6-7-19(15)3/h6-7,9-11,14,17H,4-5,8H2,1-3H3. The number of hydrogen-bond donors (Lipinski definition) is 1. The zero-order valence-corrected chi connectivity index (χ0v) is 12.3. The van der Waals surface area contributed by atoms with Crippen LogP contribution in [0.15, 0.2) is 30.9 Å². The Kier molecular flexibility index (Phi) is 5.12. The van der Waals surface area contributed by atoms with Crippen LogP contribution in [0.5, 0.6) is 5.75 Å². The third-order valence-corrected chi connectivity index (χ3v) is 3.07. The predicted molar refractivity (Wildman–Crippen MR) is 78.8 cm³/mol. The summed E-state index contributed by atoms with van der Waals surface area (Å²) in [5, 5.41) is 3.45. The lowest BCUT2D eigenvalue weighted by atomic mass is 10.1. The zero-order chi connectivity index (χ0) is 14.4. The molecule has 0 aliphatic carbocycles. The van der Waals surface area contributed by atoms with Gasteiger partial charge in [0.1, 0.15) is 11.6 Å². The van der Waals surface area contributed by atoms with Crippen molar-refractivity contribution >= 4 is 0 Å². The number of aryl methyl sites for hydroxylation is 1. The highest BCUT2D eigenvalue weighted by Gasteiger charge is 2.18. The topological polar surface area (TPSA) is 52.0 Å². The molecule has 1 N–H and O–H groups in total. The van der Waals surface area contributed by atoms with Crippen molar-refractivity contribution in [1.82, 2.24) is 19.9 Å². The summed E-state index contributed by atoms with van der Waals surface area (Å²) >= 11 is 0. The van der Waals surface area contributed by atoms with Crippen LogP contribution in [0.4, 0.5) is 0 Å². The molecule has 1 atom stereocenters. The number of ether oxygens (including phenoxy) is 1. The molecule has 0 fully saturated rings. The maximum Gasteiger partial charge on any atom is 0.137 e. The zero-order valence-electron chi connectivity index (χ0n) is 12.3. The van der Waals surface area contributed by atoms with Crippen LogP contribution in [0.3, 0.4) is 0 Å². The molecule has 0 bridgehead atoms. The Morgan fingerprint density at radius 2 is 2.20 bits per heavy atom. The molecule has 0 radical (unpaired) electrons. The molecule has 2 rings (SSSR count). The van der Waals surface area contributed by atoms with Crippen LogP contribution in [-0.2, 0) is 7.05 Å². The molecule has 0 saturated carbocycles. The van der Waals surface area contributed by atoms with Gasteiger partial charge in [-0.3, -0.25) is 4.98 Å². The van der Waals surface area contributed by atoms with Gasteiger partial charge >= 0.3 is 0 Å². The molecule has 0 aliphatic heterocycles. The largest absolute Gasteiger partial charge is 0.492 e. The van der Waals surface area contributed by atoms with Gasteiger partial charge < -0.3 is 14.6 Å². The van der Waals surface area contributed by atoms with Gasteiger partial charge in [0.2, 0.25) is 0 Å². The summed E-state index contributed by atoms with van der Waals surface area (Å²) in [6, 6.07) is 2.06. The predicted octanol–water partition coefficient (Wildman–Crippen LogP) is 2.30. The van der Waals surface area contributed by atoms with Crippen LogP contribution in [0, 0.1) is 0 Å². The second-order valence-electron chi connectivity index (χ2n) is 4.69. The second-order valence-corrected chi connectivity index (χ2v) is 4.69. The van der Waals surface area contributed by atoms with E-state index in [2.05, 4.69) is 29.1 Å². The van der Waals surface area contributed by atoms with E-state index in [9.17, 15) is 0 Å². The summed E-state index contributed by atoms with van der Waals surface area (Å²) in [7, 11) is 2.00. The highest BCUT2D eigenvalue weighted by Crippen LogP contribution is 2.23. The average Bonchev–Trinajstić information content (AvgIpc) is 2.89. The van der Waals surface area contributed by atoms with Crippen LogP contribution < -0.4 is 10.1 Å². The summed E-state index contributed by atoms with van der Waals surface area (Å²) in [5.41, 5.74) is 1.06. The fraction of sp³-hybridized carbons (Fsp3) is 0.467. The van der Waals surface area contributed by atoms with Crippen molar-refractivity contribution < 1.29 is 4.74 Å². The minimum absolute atomic E-state index is 0.0256.